The van der Waals surface area contributed by atoms with Crippen LogP contribution in [0.1, 0.15) is 24.5 Å². The van der Waals surface area contributed by atoms with Gasteiger partial charge in [-0.05, 0) is 37.1 Å². The Kier molecular flexibility index (Phi) is 6.21. The average Bonchev–Trinajstić information content (AvgIpc) is 2.90. The Morgan fingerprint density at radius 3 is 2.74 bits per heavy atom. The minimum Gasteiger partial charge on any atom is -0.387 e. The van der Waals surface area contributed by atoms with Crippen molar-refractivity contribution in [2.45, 2.75) is 25.0 Å². The van der Waals surface area contributed by atoms with Crippen molar-refractivity contribution < 1.29 is 14.3 Å². The molecular weight excluding hydrogens is 271 g/mol. The largest absolute Gasteiger partial charge is 0.387 e. The summed E-state index contributed by atoms with van der Waals surface area (Å²) in [5, 5.41) is 15.6. The Hall–Kier alpha value is -1.17. The number of carbonyl (C=O) groups is 1. The van der Waals surface area contributed by atoms with Crippen LogP contribution < -0.4 is 10.6 Å². The normalized spacial score (nSPS) is 19.6. The van der Waals surface area contributed by atoms with Gasteiger partial charge in [-0.1, -0.05) is 12.1 Å². The van der Waals surface area contributed by atoms with Gasteiger partial charge in [0.25, 0.3) is 0 Å². The number of aliphatic hydroxyl groups excluding tert-OH is 1. The van der Waals surface area contributed by atoms with E-state index in [2.05, 4.69) is 10.6 Å². The Bertz CT molecular complexity index is 408. The number of halogens is 2. The predicted octanol–water partition coefficient (Wildman–Crippen LogP) is 1.15. The lowest BCUT2D eigenvalue weighted by Gasteiger charge is -2.15. The third-order valence-corrected chi connectivity index (χ3v) is 3.10. The fraction of sp³-hybridized carbons (Fsp3) is 0.462. The molecule has 1 heterocycles. The molecule has 2 atom stereocenters. The second kappa shape index (κ2) is 7.43. The third kappa shape index (κ3) is 4.45. The van der Waals surface area contributed by atoms with Crippen LogP contribution in [0.25, 0.3) is 0 Å². The van der Waals surface area contributed by atoms with Gasteiger partial charge in [-0.15, -0.1) is 12.4 Å². The molecule has 1 fully saturated rings. The van der Waals surface area contributed by atoms with Crippen LogP contribution in [-0.2, 0) is 4.79 Å². The Morgan fingerprint density at radius 1 is 1.47 bits per heavy atom. The number of carbonyl (C=O) groups excluding carboxylic acids is 1. The number of rotatable bonds is 4. The Labute approximate surface area is 117 Å². The van der Waals surface area contributed by atoms with Crippen LogP contribution >= 0.6 is 12.4 Å². The highest BCUT2D eigenvalue weighted by molar-refractivity contribution is 5.85. The lowest BCUT2D eigenvalue weighted by atomic mass is 10.1. The molecule has 0 saturated carbocycles. The first-order valence-corrected chi connectivity index (χ1v) is 6.11. The van der Waals surface area contributed by atoms with Crippen LogP contribution in [-0.4, -0.2) is 30.1 Å². The summed E-state index contributed by atoms with van der Waals surface area (Å²) in [7, 11) is 0. The maximum absolute atomic E-state index is 12.7. The molecule has 1 saturated heterocycles. The Morgan fingerprint density at radius 2 is 2.16 bits per heavy atom. The maximum atomic E-state index is 12.7. The van der Waals surface area contributed by atoms with E-state index in [1.54, 1.807) is 0 Å². The van der Waals surface area contributed by atoms with Crippen molar-refractivity contribution in [3.8, 4) is 0 Å². The molecule has 19 heavy (non-hydrogen) atoms. The second-order valence-corrected chi connectivity index (χ2v) is 4.46. The SMILES string of the molecule is Cl.O=C(NCC(O)c1ccc(F)cc1)C1CCCN1. The zero-order chi connectivity index (χ0) is 13.0. The molecule has 2 unspecified atom stereocenters. The van der Waals surface area contributed by atoms with Crippen molar-refractivity contribution >= 4 is 18.3 Å². The monoisotopic (exact) mass is 288 g/mol. The molecule has 6 heteroatoms. The number of nitrogens with one attached hydrogen (secondary N) is 2. The minimum atomic E-state index is -0.809. The van der Waals surface area contributed by atoms with E-state index in [1.807, 2.05) is 0 Å². The minimum absolute atomic E-state index is 0. The number of amides is 1. The van der Waals surface area contributed by atoms with Gasteiger partial charge in [-0.25, -0.2) is 4.39 Å². The van der Waals surface area contributed by atoms with Gasteiger partial charge < -0.3 is 15.7 Å². The summed E-state index contributed by atoms with van der Waals surface area (Å²) in [5.41, 5.74) is 0.594. The van der Waals surface area contributed by atoms with Crippen molar-refractivity contribution in [1.29, 1.82) is 0 Å². The van der Waals surface area contributed by atoms with E-state index in [-0.39, 0.29) is 36.7 Å². The van der Waals surface area contributed by atoms with Crippen molar-refractivity contribution in [3.63, 3.8) is 0 Å². The zero-order valence-corrected chi connectivity index (χ0v) is 11.3. The molecule has 0 aliphatic carbocycles. The molecule has 0 radical (unpaired) electrons. The van der Waals surface area contributed by atoms with Crippen LogP contribution in [0.4, 0.5) is 4.39 Å². The lowest BCUT2D eigenvalue weighted by molar-refractivity contribution is -0.123. The molecular formula is C13H18ClFN2O2. The molecule has 1 amide bonds. The molecule has 1 aromatic carbocycles. The fourth-order valence-electron chi connectivity index (χ4n) is 2.03. The molecule has 1 aromatic rings. The number of aliphatic hydroxyl groups is 1. The van der Waals surface area contributed by atoms with E-state index < -0.39 is 6.10 Å². The number of hydrogen-bond acceptors (Lipinski definition) is 3. The molecule has 1 aliphatic rings. The van der Waals surface area contributed by atoms with Crippen molar-refractivity contribution in [1.82, 2.24) is 10.6 Å². The molecule has 0 bridgehead atoms. The van der Waals surface area contributed by atoms with Gasteiger partial charge in [0.05, 0.1) is 12.1 Å². The van der Waals surface area contributed by atoms with E-state index in [0.717, 1.165) is 19.4 Å². The van der Waals surface area contributed by atoms with Crippen LogP contribution in [0, 0.1) is 5.82 Å². The van der Waals surface area contributed by atoms with E-state index in [1.165, 1.54) is 24.3 Å². The van der Waals surface area contributed by atoms with Crippen LogP contribution in [0.3, 0.4) is 0 Å². The predicted molar refractivity (Wildman–Crippen MR) is 72.6 cm³/mol. The van der Waals surface area contributed by atoms with Crippen LogP contribution in [0.2, 0.25) is 0 Å². The van der Waals surface area contributed by atoms with Gasteiger partial charge in [-0.3, -0.25) is 4.79 Å². The van der Waals surface area contributed by atoms with Crippen molar-refractivity contribution in [3.05, 3.63) is 35.6 Å². The molecule has 3 N–H and O–H groups in total. The Balaban J connectivity index is 0.00000180. The van der Waals surface area contributed by atoms with Gasteiger partial charge in [0.1, 0.15) is 5.82 Å². The summed E-state index contributed by atoms with van der Waals surface area (Å²) < 4.78 is 12.7. The maximum Gasteiger partial charge on any atom is 0.237 e. The highest BCUT2D eigenvalue weighted by Crippen LogP contribution is 2.12. The fourth-order valence-corrected chi connectivity index (χ4v) is 2.03. The summed E-state index contributed by atoms with van der Waals surface area (Å²) in [6.07, 6.45) is 1.02. The molecule has 0 spiro atoms. The van der Waals surface area contributed by atoms with Gasteiger partial charge in [0.15, 0.2) is 0 Å². The lowest BCUT2D eigenvalue weighted by Crippen LogP contribution is -2.41. The smallest absolute Gasteiger partial charge is 0.237 e. The van der Waals surface area contributed by atoms with Crippen molar-refractivity contribution in [2.75, 3.05) is 13.1 Å². The molecule has 4 nitrogen and oxygen atoms in total. The summed E-state index contributed by atoms with van der Waals surface area (Å²) in [5.74, 6) is -0.432. The first kappa shape index (κ1) is 15.9. The van der Waals surface area contributed by atoms with E-state index in [4.69, 9.17) is 0 Å². The quantitative estimate of drug-likeness (QED) is 0.779. The highest BCUT2D eigenvalue weighted by atomic mass is 35.5. The topological polar surface area (TPSA) is 61.4 Å². The van der Waals surface area contributed by atoms with Gasteiger partial charge in [-0.2, -0.15) is 0 Å². The number of hydrogen-bond donors (Lipinski definition) is 3. The third-order valence-electron chi connectivity index (χ3n) is 3.10. The summed E-state index contributed by atoms with van der Waals surface area (Å²) in [6, 6.07) is 5.46. The molecule has 106 valence electrons. The summed E-state index contributed by atoms with van der Waals surface area (Å²) >= 11 is 0. The highest BCUT2D eigenvalue weighted by Gasteiger charge is 2.22. The standard InChI is InChI=1S/C13H17FN2O2.ClH/c14-10-5-3-9(4-6-10)12(17)8-16-13(18)11-2-1-7-15-11;/h3-6,11-12,15,17H,1-2,7-8H2,(H,16,18);1H. The van der Waals surface area contributed by atoms with Gasteiger partial charge >= 0.3 is 0 Å². The van der Waals surface area contributed by atoms with Gasteiger partial charge in [0.2, 0.25) is 5.91 Å². The van der Waals surface area contributed by atoms with E-state index in [0.29, 0.717) is 5.56 Å². The number of benzene rings is 1. The zero-order valence-electron chi connectivity index (χ0n) is 10.4. The molecule has 2 rings (SSSR count). The first-order valence-electron chi connectivity index (χ1n) is 6.11. The summed E-state index contributed by atoms with van der Waals surface area (Å²) in [4.78, 5) is 11.7. The summed E-state index contributed by atoms with van der Waals surface area (Å²) in [6.45, 7) is 1.00. The first-order chi connectivity index (χ1) is 8.66. The van der Waals surface area contributed by atoms with E-state index >= 15 is 0 Å². The van der Waals surface area contributed by atoms with Crippen LogP contribution in [0.5, 0.6) is 0 Å². The van der Waals surface area contributed by atoms with Crippen molar-refractivity contribution in [2.24, 2.45) is 0 Å². The molecule has 0 aromatic heterocycles. The average molecular weight is 289 g/mol. The molecule has 1 aliphatic heterocycles. The van der Waals surface area contributed by atoms with Gasteiger partial charge in [0, 0.05) is 6.54 Å². The van der Waals surface area contributed by atoms with Crippen LogP contribution in [0.15, 0.2) is 24.3 Å². The van der Waals surface area contributed by atoms with E-state index in [9.17, 15) is 14.3 Å². The second-order valence-electron chi connectivity index (χ2n) is 4.46.